The van der Waals surface area contributed by atoms with Gasteiger partial charge in [0.1, 0.15) is 12.1 Å². The summed E-state index contributed by atoms with van der Waals surface area (Å²) in [6, 6.07) is -0.819. The quantitative estimate of drug-likeness (QED) is 0.422. The van der Waals surface area contributed by atoms with Gasteiger partial charge in [-0.25, -0.2) is 4.79 Å². The van der Waals surface area contributed by atoms with E-state index in [4.69, 9.17) is 11.1 Å². The molecule has 0 saturated carbocycles. The van der Waals surface area contributed by atoms with Crippen molar-refractivity contribution >= 4 is 11.7 Å². The molecule has 2 unspecified atom stereocenters. The number of ether oxygens (including phenoxy) is 1. The number of cyclic esters (lactones) is 1. The lowest BCUT2D eigenvalue weighted by atomic mass is 10.2. The van der Waals surface area contributed by atoms with Crippen LogP contribution in [0.15, 0.2) is 0 Å². The highest BCUT2D eigenvalue weighted by Crippen LogP contribution is 2.07. The lowest BCUT2D eigenvalue weighted by Gasteiger charge is -1.97. The number of carbonyl (C=O) groups is 1. The molecule has 0 amide bonds. The van der Waals surface area contributed by atoms with E-state index in [0.717, 1.165) is 0 Å². The van der Waals surface area contributed by atoms with Gasteiger partial charge in [-0.05, 0) is 6.92 Å². The molecule has 0 aliphatic carbocycles. The number of nitrogens with one attached hydrogen (secondary N) is 1. The monoisotopic (exact) mass is 128 g/mol. The fourth-order valence-corrected chi connectivity index (χ4v) is 0.691. The molecule has 0 aromatic carbocycles. The Morgan fingerprint density at radius 1 is 1.78 bits per heavy atom. The van der Waals surface area contributed by atoms with Crippen LogP contribution in [0.5, 0.6) is 0 Å². The van der Waals surface area contributed by atoms with E-state index in [2.05, 4.69) is 4.74 Å². The van der Waals surface area contributed by atoms with Gasteiger partial charge < -0.3 is 15.9 Å². The Morgan fingerprint density at radius 3 is 2.44 bits per heavy atom. The lowest BCUT2D eigenvalue weighted by Crippen LogP contribution is -2.32. The van der Waals surface area contributed by atoms with Gasteiger partial charge in [0.15, 0.2) is 0 Å². The van der Waals surface area contributed by atoms with Crippen molar-refractivity contribution in [3.05, 3.63) is 0 Å². The molecule has 1 aliphatic heterocycles. The van der Waals surface area contributed by atoms with Crippen molar-refractivity contribution in [1.82, 2.24) is 0 Å². The van der Waals surface area contributed by atoms with Gasteiger partial charge in [0.05, 0.1) is 5.71 Å². The van der Waals surface area contributed by atoms with Gasteiger partial charge >= 0.3 is 5.97 Å². The Balaban J connectivity index is 2.77. The average molecular weight is 128 g/mol. The van der Waals surface area contributed by atoms with Gasteiger partial charge in [0, 0.05) is 0 Å². The molecule has 1 fully saturated rings. The topological polar surface area (TPSA) is 76.2 Å². The van der Waals surface area contributed by atoms with Gasteiger partial charge in [-0.3, -0.25) is 0 Å². The molecule has 4 heteroatoms. The van der Waals surface area contributed by atoms with Crippen molar-refractivity contribution < 1.29 is 9.53 Å². The van der Waals surface area contributed by atoms with Crippen LogP contribution < -0.4 is 5.73 Å². The van der Waals surface area contributed by atoms with Crippen LogP contribution in [-0.2, 0) is 9.53 Å². The summed E-state index contributed by atoms with van der Waals surface area (Å²) in [5.41, 5.74) is 5.38. The molecule has 1 heterocycles. The standard InChI is InChI=1S/C5H8N2O2/c1-2-3(6)4(7)5(8)9-2/h2,4,6H,7H2,1H3. The molecule has 0 aromatic heterocycles. The molecule has 0 aromatic rings. The van der Waals surface area contributed by atoms with Crippen LogP contribution in [0.4, 0.5) is 0 Å². The van der Waals surface area contributed by atoms with Crippen LogP contribution in [0, 0.1) is 5.41 Å². The SMILES string of the molecule is CC1OC(=O)C(N)C1=N. The van der Waals surface area contributed by atoms with Gasteiger partial charge in [0.25, 0.3) is 0 Å². The van der Waals surface area contributed by atoms with Crippen molar-refractivity contribution in [3.63, 3.8) is 0 Å². The zero-order valence-corrected chi connectivity index (χ0v) is 5.05. The number of esters is 1. The molecule has 0 radical (unpaired) electrons. The zero-order chi connectivity index (χ0) is 7.02. The van der Waals surface area contributed by atoms with Gasteiger partial charge in [-0.2, -0.15) is 0 Å². The highest BCUT2D eigenvalue weighted by molar-refractivity contribution is 6.11. The molecule has 2 atom stereocenters. The smallest absolute Gasteiger partial charge is 0.329 e. The van der Waals surface area contributed by atoms with Gasteiger partial charge in [0.2, 0.25) is 0 Å². The molecule has 50 valence electrons. The number of hydrogen-bond donors (Lipinski definition) is 2. The number of carbonyl (C=O) groups excluding carboxylic acids is 1. The van der Waals surface area contributed by atoms with Crippen molar-refractivity contribution in [1.29, 1.82) is 5.41 Å². The number of rotatable bonds is 0. The summed E-state index contributed by atoms with van der Waals surface area (Å²) < 4.78 is 4.60. The molecule has 9 heavy (non-hydrogen) atoms. The number of hydrogen-bond acceptors (Lipinski definition) is 4. The predicted molar refractivity (Wildman–Crippen MR) is 31.3 cm³/mol. The van der Waals surface area contributed by atoms with E-state index in [0.29, 0.717) is 0 Å². The van der Waals surface area contributed by atoms with Crippen LogP contribution in [0.3, 0.4) is 0 Å². The number of nitrogens with two attached hydrogens (primary N) is 1. The van der Waals surface area contributed by atoms with Crippen molar-refractivity contribution in [2.24, 2.45) is 5.73 Å². The molecule has 1 aliphatic rings. The van der Waals surface area contributed by atoms with Crippen molar-refractivity contribution in [3.8, 4) is 0 Å². The maximum atomic E-state index is 10.5. The Kier molecular flexibility index (Phi) is 1.25. The van der Waals surface area contributed by atoms with Gasteiger partial charge in [-0.15, -0.1) is 0 Å². The summed E-state index contributed by atoms with van der Waals surface area (Å²) >= 11 is 0. The predicted octanol–water partition coefficient (Wildman–Crippen LogP) is -0.721. The second-order valence-corrected chi connectivity index (χ2v) is 2.01. The Hall–Kier alpha value is -0.900. The van der Waals surface area contributed by atoms with Crippen LogP contribution in [0.2, 0.25) is 0 Å². The van der Waals surface area contributed by atoms with Crippen LogP contribution >= 0.6 is 0 Å². The first kappa shape index (κ1) is 6.22. The van der Waals surface area contributed by atoms with E-state index in [1.54, 1.807) is 6.92 Å². The summed E-state index contributed by atoms with van der Waals surface area (Å²) in [6.45, 7) is 1.63. The molecule has 1 rings (SSSR count). The van der Waals surface area contributed by atoms with Crippen LogP contribution in [-0.4, -0.2) is 23.8 Å². The third kappa shape index (κ3) is 0.810. The first-order valence-electron chi connectivity index (χ1n) is 2.67. The summed E-state index contributed by atoms with van der Waals surface area (Å²) in [7, 11) is 0. The Labute approximate surface area is 52.5 Å². The average Bonchev–Trinajstić information content (AvgIpc) is 1.98. The molecular formula is C5H8N2O2. The van der Waals surface area contributed by atoms with E-state index in [9.17, 15) is 4.79 Å². The Morgan fingerprint density at radius 2 is 2.33 bits per heavy atom. The maximum absolute atomic E-state index is 10.5. The summed E-state index contributed by atoms with van der Waals surface area (Å²) in [6.07, 6.45) is -0.424. The van der Waals surface area contributed by atoms with Gasteiger partial charge in [-0.1, -0.05) is 0 Å². The first-order valence-corrected chi connectivity index (χ1v) is 2.67. The molecular weight excluding hydrogens is 120 g/mol. The van der Waals surface area contributed by atoms with E-state index in [-0.39, 0.29) is 5.71 Å². The highest BCUT2D eigenvalue weighted by Gasteiger charge is 2.34. The van der Waals surface area contributed by atoms with E-state index in [1.165, 1.54) is 0 Å². The third-order valence-electron chi connectivity index (χ3n) is 1.32. The maximum Gasteiger partial charge on any atom is 0.329 e. The van der Waals surface area contributed by atoms with E-state index >= 15 is 0 Å². The minimum atomic E-state index is -0.819. The molecule has 0 bridgehead atoms. The molecule has 1 saturated heterocycles. The molecule has 4 nitrogen and oxygen atoms in total. The lowest BCUT2D eigenvalue weighted by molar-refractivity contribution is -0.141. The first-order chi connectivity index (χ1) is 4.13. The van der Waals surface area contributed by atoms with Crippen molar-refractivity contribution in [2.75, 3.05) is 0 Å². The summed E-state index contributed by atoms with van der Waals surface area (Å²) in [5.74, 6) is -0.493. The fourth-order valence-electron chi connectivity index (χ4n) is 0.691. The zero-order valence-electron chi connectivity index (χ0n) is 5.05. The summed E-state index contributed by atoms with van der Waals surface area (Å²) in [4.78, 5) is 10.5. The fraction of sp³-hybridized carbons (Fsp3) is 0.600. The van der Waals surface area contributed by atoms with E-state index in [1.807, 2.05) is 0 Å². The minimum absolute atomic E-state index is 0.167. The summed E-state index contributed by atoms with van der Waals surface area (Å²) in [5, 5.41) is 7.12. The second-order valence-electron chi connectivity index (χ2n) is 2.01. The molecule has 0 spiro atoms. The second kappa shape index (κ2) is 1.80. The normalized spacial score (nSPS) is 34.9. The minimum Gasteiger partial charge on any atom is -0.455 e. The van der Waals surface area contributed by atoms with E-state index < -0.39 is 18.1 Å². The third-order valence-corrected chi connectivity index (χ3v) is 1.32. The van der Waals surface area contributed by atoms with Crippen molar-refractivity contribution in [2.45, 2.75) is 19.1 Å². The highest BCUT2D eigenvalue weighted by atomic mass is 16.6. The van der Waals surface area contributed by atoms with Crippen LogP contribution in [0.25, 0.3) is 0 Å². The molecule has 3 N–H and O–H groups in total. The Bertz CT molecular complexity index is 166. The largest absolute Gasteiger partial charge is 0.455 e. The van der Waals surface area contributed by atoms with Crippen LogP contribution in [0.1, 0.15) is 6.92 Å².